The third kappa shape index (κ3) is 3.56. The zero-order valence-electron chi connectivity index (χ0n) is 11.0. The molecule has 21 heavy (non-hydrogen) atoms. The molecule has 0 amide bonds. The molecule has 0 spiro atoms. The number of phenols is 2. The number of rotatable bonds is 3. The number of nitrogens with one attached hydrogen (secondary N) is 1. The van der Waals surface area contributed by atoms with E-state index in [0.717, 1.165) is 12.3 Å². The van der Waals surface area contributed by atoms with Gasteiger partial charge in [0, 0.05) is 11.6 Å². The lowest BCUT2D eigenvalue weighted by Gasteiger charge is -2.17. The van der Waals surface area contributed by atoms with Gasteiger partial charge in [-0.2, -0.15) is 13.2 Å². The molecular formula is C14H13F3N2O2. The van der Waals surface area contributed by atoms with Crippen LogP contribution in [0, 0.1) is 0 Å². The molecule has 2 rings (SSSR count). The van der Waals surface area contributed by atoms with Gasteiger partial charge >= 0.3 is 6.18 Å². The molecule has 0 aliphatic heterocycles. The van der Waals surface area contributed by atoms with Crippen LogP contribution in [0.25, 0.3) is 0 Å². The van der Waals surface area contributed by atoms with Crippen molar-refractivity contribution in [3.8, 4) is 11.5 Å². The van der Waals surface area contributed by atoms with E-state index in [9.17, 15) is 23.4 Å². The van der Waals surface area contributed by atoms with E-state index in [-0.39, 0.29) is 17.5 Å². The molecule has 1 aromatic heterocycles. The number of aromatic hydroxyl groups is 2. The molecular weight excluding hydrogens is 285 g/mol. The van der Waals surface area contributed by atoms with Gasteiger partial charge in [0.15, 0.2) is 0 Å². The van der Waals surface area contributed by atoms with Crippen molar-refractivity contribution in [2.45, 2.75) is 19.1 Å². The normalized spacial score (nSPS) is 13.0. The fourth-order valence-electron chi connectivity index (χ4n) is 1.87. The summed E-state index contributed by atoms with van der Waals surface area (Å²) in [5.41, 5.74) is -0.0659. The summed E-state index contributed by atoms with van der Waals surface area (Å²) < 4.78 is 37.2. The van der Waals surface area contributed by atoms with Crippen LogP contribution in [0.3, 0.4) is 0 Å². The second-order valence-electron chi connectivity index (χ2n) is 4.54. The minimum absolute atomic E-state index is 0.0698. The topological polar surface area (TPSA) is 65.4 Å². The SMILES string of the molecule is CC(Nc1ccc(C(F)(F)F)nc1)c1ccc(O)cc1O. The average Bonchev–Trinajstić information content (AvgIpc) is 2.38. The molecule has 3 N–H and O–H groups in total. The molecule has 112 valence electrons. The Morgan fingerprint density at radius 3 is 2.38 bits per heavy atom. The number of pyridine rings is 1. The van der Waals surface area contributed by atoms with Crippen LogP contribution in [-0.4, -0.2) is 15.2 Å². The van der Waals surface area contributed by atoms with Crippen LogP contribution in [0.2, 0.25) is 0 Å². The average molecular weight is 298 g/mol. The molecule has 0 aliphatic rings. The highest BCUT2D eigenvalue weighted by Crippen LogP contribution is 2.31. The minimum Gasteiger partial charge on any atom is -0.508 e. The number of phenolic OH excluding ortho intramolecular Hbond substituents is 2. The quantitative estimate of drug-likeness (QED) is 0.808. The van der Waals surface area contributed by atoms with Crippen LogP contribution in [0.15, 0.2) is 36.5 Å². The molecule has 0 aliphatic carbocycles. The van der Waals surface area contributed by atoms with Crippen LogP contribution in [0.4, 0.5) is 18.9 Å². The number of hydrogen-bond acceptors (Lipinski definition) is 4. The second-order valence-corrected chi connectivity index (χ2v) is 4.54. The molecule has 4 nitrogen and oxygen atoms in total. The van der Waals surface area contributed by atoms with Gasteiger partial charge in [0.05, 0.1) is 17.9 Å². The Kier molecular flexibility index (Phi) is 3.93. The van der Waals surface area contributed by atoms with Crippen molar-refractivity contribution in [3.05, 3.63) is 47.8 Å². The Labute approximate surface area is 118 Å². The number of alkyl halides is 3. The third-order valence-electron chi connectivity index (χ3n) is 2.92. The standard InChI is InChI=1S/C14H13F3N2O2/c1-8(11-4-3-10(20)6-12(11)21)19-9-2-5-13(18-7-9)14(15,16)17/h2-8,19-21H,1H3. The summed E-state index contributed by atoms with van der Waals surface area (Å²) in [7, 11) is 0. The van der Waals surface area contributed by atoms with Crippen molar-refractivity contribution >= 4 is 5.69 Å². The van der Waals surface area contributed by atoms with E-state index in [2.05, 4.69) is 10.3 Å². The summed E-state index contributed by atoms with van der Waals surface area (Å²) in [4.78, 5) is 3.34. The third-order valence-corrected chi connectivity index (χ3v) is 2.92. The summed E-state index contributed by atoms with van der Waals surface area (Å²) in [5.74, 6) is -0.172. The zero-order chi connectivity index (χ0) is 15.6. The van der Waals surface area contributed by atoms with Crippen LogP contribution >= 0.6 is 0 Å². The predicted molar refractivity (Wildman–Crippen MR) is 71.0 cm³/mol. The second kappa shape index (κ2) is 5.51. The summed E-state index contributed by atoms with van der Waals surface area (Å²) in [6.45, 7) is 1.73. The van der Waals surface area contributed by atoms with E-state index in [1.807, 2.05) is 0 Å². The van der Waals surface area contributed by atoms with Gasteiger partial charge in [0.1, 0.15) is 17.2 Å². The van der Waals surface area contributed by atoms with Crippen molar-refractivity contribution in [1.29, 1.82) is 0 Å². The highest BCUT2D eigenvalue weighted by molar-refractivity contribution is 5.47. The molecule has 0 fully saturated rings. The van der Waals surface area contributed by atoms with Crippen LogP contribution in [0.1, 0.15) is 24.2 Å². The van der Waals surface area contributed by atoms with Gasteiger partial charge in [-0.25, -0.2) is 4.98 Å². The summed E-state index contributed by atoms with van der Waals surface area (Å²) in [6, 6.07) is 5.91. The predicted octanol–water partition coefficient (Wildman–Crippen LogP) is 3.68. The molecule has 1 heterocycles. The fourth-order valence-corrected chi connectivity index (χ4v) is 1.87. The molecule has 1 atom stereocenters. The summed E-state index contributed by atoms with van der Waals surface area (Å²) in [6.07, 6.45) is -3.39. The van der Waals surface area contributed by atoms with Gasteiger partial charge in [-0.05, 0) is 31.2 Å². The van der Waals surface area contributed by atoms with E-state index >= 15 is 0 Å². The molecule has 0 saturated heterocycles. The first-order valence-electron chi connectivity index (χ1n) is 6.09. The first-order valence-corrected chi connectivity index (χ1v) is 6.09. The summed E-state index contributed by atoms with van der Waals surface area (Å²) in [5, 5.41) is 21.9. The van der Waals surface area contributed by atoms with Crippen molar-refractivity contribution in [1.82, 2.24) is 4.98 Å². The number of nitrogens with zero attached hydrogens (tertiary/aromatic N) is 1. The number of aromatic nitrogens is 1. The Balaban J connectivity index is 2.14. The molecule has 0 saturated carbocycles. The van der Waals surface area contributed by atoms with Crippen LogP contribution in [-0.2, 0) is 6.18 Å². The molecule has 2 aromatic rings. The Bertz CT molecular complexity index is 627. The van der Waals surface area contributed by atoms with E-state index in [1.165, 1.54) is 24.3 Å². The maximum absolute atomic E-state index is 12.4. The highest BCUT2D eigenvalue weighted by Gasteiger charge is 2.32. The van der Waals surface area contributed by atoms with Gasteiger partial charge in [-0.3, -0.25) is 0 Å². The first-order chi connectivity index (χ1) is 9.77. The number of halogens is 3. The highest BCUT2D eigenvalue weighted by atomic mass is 19.4. The lowest BCUT2D eigenvalue weighted by Crippen LogP contribution is -2.10. The van der Waals surface area contributed by atoms with Gasteiger partial charge in [-0.1, -0.05) is 0 Å². The summed E-state index contributed by atoms with van der Waals surface area (Å²) >= 11 is 0. The van der Waals surface area contributed by atoms with Crippen molar-refractivity contribution in [2.75, 3.05) is 5.32 Å². The maximum Gasteiger partial charge on any atom is 0.433 e. The molecule has 1 unspecified atom stereocenters. The first kappa shape index (κ1) is 15.0. The monoisotopic (exact) mass is 298 g/mol. The van der Waals surface area contributed by atoms with Gasteiger partial charge < -0.3 is 15.5 Å². The number of hydrogen-bond donors (Lipinski definition) is 3. The lowest BCUT2D eigenvalue weighted by atomic mass is 10.1. The number of benzene rings is 1. The van der Waals surface area contributed by atoms with Crippen LogP contribution in [0.5, 0.6) is 11.5 Å². The van der Waals surface area contributed by atoms with E-state index in [1.54, 1.807) is 6.92 Å². The maximum atomic E-state index is 12.4. The molecule has 7 heteroatoms. The molecule has 0 bridgehead atoms. The molecule has 0 radical (unpaired) electrons. The Morgan fingerprint density at radius 2 is 1.86 bits per heavy atom. The Hall–Kier alpha value is -2.44. The zero-order valence-corrected chi connectivity index (χ0v) is 11.0. The van der Waals surface area contributed by atoms with Crippen molar-refractivity contribution in [2.24, 2.45) is 0 Å². The van der Waals surface area contributed by atoms with Gasteiger partial charge in [-0.15, -0.1) is 0 Å². The van der Waals surface area contributed by atoms with E-state index in [4.69, 9.17) is 0 Å². The van der Waals surface area contributed by atoms with Crippen LogP contribution < -0.4 is 5.32 Å². The fraction of sp³-hybridized carbons (Fsp3) is 0.214. The smallest absolute Gasteiger partial charge is 0.433 e. The van der Waals surface area contributed by atoms with Gasteiger partial charge in [0.25, 0.3) is 0 Å². The molecule has 1 aromatic carbocycles. The van der Waals surface area contributed by atoms with Crippen molar-refractivity contribution < 1.29 is 23.4 Å². The van der Waals surface area contributed by atoms with Gasteiger partial charge in [0.2, 0.25) is 0 Å². The largest absolute Gasteiger partial charge is 0.508 e. The van der Waals surface area contributed by atoms with E-state index < -0.39 is 11.9 Å². The Morgan fingerprint density at radius 1 is 1.14 bits per heavy atom. The minimum atomic E-state index is -4.47. The van der Waals surface area contributed by atoms with Crippen molar-refractivity contribution in [3.63, 3.8) is 0 Å². The van der Waals surface area contributed by atoms with E-state index in [0.29, 0.717) is 11.3 Å². The number of anilines is 1. The lowest BCUT2D eigenvalue weighted by molar-refractivity contribution is -0.141.